The van der Waals surface area contributed by atoms with Gasteiger partial charge in [0.1, 0.15) is 16.3 Å². The summed E-state index contributed by atoms with van der Waals surface area (Å²) in [6.07, 6.45) is 6.80. The summed E-state index contributed by atoms with van der Waals surface area (Å²) in [7, 11) is -17.1. The quantitative estimate of drug-likeness (QED) is 0.0194. The lowest BCUT2D eigenvalue weighted by Crippen LogP contribution is -2.32. The topological polar surface area (TPSA) is 344 Å². The van der Waals surface area contributed by atoms with E-state index in [2.05, 4.69) is 0 Å². The summed E-state index contributed by atoms with van der Waals surface area (Å²) in [5.74, 6) is -0.960. The summed E-state index contributed by atoms with van der Waals surface area (Å²) < 4.78 is 197. The van der Waals surface area contributed by atoms with Gasteiger partial charge in [-0.3, -0.25) is 23.0 Å². The van der Waals surface area contributed by atoms with Crippen LogP contribution in [0.3, 0.4) is 0 Å². The van der Waals surface area contributed by atoms with Crippen molar-refractivity contribution in [1.29, 1.82) is 0 Å². The fourth-order valence-corrected chi connectivity index (χ4v) is 13.3. The van der Waals surface area contributed by atoms with Crippen molar-refractivity contribution in [1.82, 2.24) is 0 Å². The molecule has 1 unspecified atom stereocenters. The molecule has 29 heteroatoms. The van der Waals surface area contributed by atoms with Gasteiger partial charge in [-0.25, -0.2) is 0 Å². The lowest BCUT2D eigenvalue weighted by molar-refractivity contribution is -0.438. The first-order chi connectivity index (χ1) is 40.2. The van der Waals surface area contributed by atoms with Crippen LogP contribution >= 0.6 is 0 Å². The Hall–Kier alpha value is -4.90. The number of unbranched alkanes of at least 4 members (excludes halogenated alkanes) is 2. The van der Waals surface area contributed by atoms with Gasteiger partial charge < -0.3 is 52.6 Å². The normalized spacial score (nSPS) is 16.9. The maximum atomic E-state index is 13.1. The van der Waals surface area contributed by atoms with Crippen LogP contribution in [0, 0.1) is 0 Å². The van der Waals surface area contributed by atoms with Crippen LogP contribution in [-0.4, -0.2) is 206 Å². The first-order valence-corrected chi connectivity index (χ1v) is 33.1. The van der Waals surface area contributed by atoms with Gasteiger partial charge in [-0.1, -0.05) is 12.1 Å². The lowest BCUT2D eigenvalue weighted by Gasteiger charge is -2.31. The Morgan fingerprint density at radius 1 is 0.541 bits per heavy atom. The predicted molar refractivity (Wildman–Crippen MR) is 312 cm³/mol. The van der Waals surface area contributed by atoms with Gasteiger partial charge in [0.2, 0.25) is 5.69 Å². The standard InChI is InChI=1S/C56H76N2O23S4/c1-55(2)50(57(18-8-6-7-12-52(59)60)46-15-13-42-44(53(46)55)36-40(82(61,62)63)38-48(42)84(67,68)69)10-9-11-51-56(3,17-20-75-26-28-79-32-30-77-24-22-73-4)54-45-37-41(83(64,65)66)39-49(85(70,71)72)43(45)14-16-47(54)58(51)19-21-76-27-29-80-34-35-81-33-31-78-25-23-74-5/h9-11,13-16,36-39H,6-8,12,17-35H2,1-5H3,(H4-,59,60,61,62,63,64,65,66,67,68,69,70,71,72)/p+1. The number of methoxy groups -OCH3 is 2. The third-order valence-electron chi connectivity index (χ3n) is 14.5. The molecule has 4 aromatic carbocycles. The molecule has 2 aliphatic heterocycles. The summed E-state index contributed by atoms with van der Waals surface area (Å²) in [5, 5.41) is 9.49. The van der Waals surface area contributed by atoms with Crippen molar-refractivity contribution in [2.75, 3.05) is 138 Å². The molecular weight excluding hydrogens is 1200 g/mol. The second-order valence-electron chi connectivity index (χ2n) is 20.6. The molecule has 0 radical (unpaired) electrons. The van der Waals surface area contributed by atoms with Crippen LogP contribution in [0.1, 0.15) is 64.0 Å². The average molecular weight is 1270 g/mol. The van der Waals surface area contributed by atoms with Gasteiger partial charge in [-0.2, -0.15) is 38.2 Å². The molecule has 25 nitrogen and oxygen atoms in total. The highest BCUT2D eigenvalue weighted by Crippen LogP contribution is 2.54. The van der Waals surface area contributed by atoms with Crippen molar-refractivity contribution in [2.45, 2.75) is 83.3 Å². The van der Waals surface area contributed by atoms with E-state index in [1.807, 2.05) is 36.3 Å². The molecule has 0 aromatic heterocycles. The molecule has 0 amide bonds. The highest BCUT2D eigenvalue weighted by Gasteiger charge is 2.48. The van der Waals surface area contributed by atoms with Crippen molar-refractivity contribution in [3.8, 4) is 0 Å². The van der Waals surface area contributed by atoms with Gasteiger partial charge in [-0.05, 0) is 98.8 Å². The minimum Gasteiger partial charge on any atom is -0.481 e. The van der Waals surface area contributed by atoms with E-state index >= 15 is 0 Å². The molecule has 0 saturated heterocycles. The van der Waals surface area contributed by atoms with Gasteiger partial charge in [0.05, 0.1) is 114 Å². The number of hydrogen-bond donors (Lipinski definition) is 5. The number of ether oxygens (including phenoxy) is 9. The number of rotatable bonds is 39. The number of nitrogens with zero attached hydrogens (tertiary/aromatic N) is 2. The summed E-state index contributed by atoms with van der Waals surface area (Å²) in [6, 6.07) is 9.79. The minimum atomic E-state index is -5.12. The van der Waals surface area contributed by atoms with Crippen LogP contribution < -0.4 is 4.90 Å². The van der Waals surface area contributed by atoms with E-state index in [0.29, 0.717) is 125 Å². The molecule has 0 fully saturated rings. The molecule has 5 N–H and O–H groups in total. The summed E-state index contributed by atoms with van der Waals surface area (Å²) in [6.45, 7) is 10.6. The smallest absolute Gasteiger partial charge is 0.303 e. The van der Waals surface area contributed by atoms with Gasteiger partial charge in [0.25, 0.3) is 40.5 Å². The Morgan fingerprint density at radius 2 is 0.988 bits per heavy atom. The van der Waals surface area contributed by atoms with Crippen molar-refractivity contribution >= 4 is 85.1 Å². The Labute approximate surface area is 496 Å². The zero-order valence-electron chi connectivity index (χ0n) is 48.2. The Balaban J connectivity index is 1.46. The number of carboxylic acids is 1. The van der Waals surface area contributed by atoms with Crippen molar-refractivity contribution in [2.24, 2.45) is 0 Å². The van der Waals surface area contributed by atoms with Crippen molar-refractivity contribution < 1.29 is 109 Å². The summed E-state index contributed by atoms with van der Waals surface area (Å²) in [5.41, 5.74) is 0.764. The summed E-state index contributed by atoms with van der Waals surface area (Å²) in [4.78, 5) is 10.3. The zero-order chi connectivity index (χ0) is 62.2. The van der Waals surface area contributed by atoms with Crippen LogP contribution in [0.4, 0.5) is 11.4 Å². The first-order valence-electron chi connectivity index (χ1n) is 27.4. The maximum Gasteiger partial charge on any atom is 0.303 e. The molecule has 4 aromatic rings. The van der Waals surface area contributed by atoms with E-state index in [4.69, 9.17) is 42.6 Å². The first kappa shape index (κ1) is 69.2. The van der Waals surface area contributed by atoms with E-state index in [9.17, 15) is 61.8 Å². The van der Waals surface area contributed by atoms with E-state index in [1.165, 1.54) is 12.1 Å². The maximum absolute atomic E-state index is 13.1. The molecule has 6 rings (SSSR count). The Morgan fingerprint density at radius 3 is 1.45 bits per heavy atom. The number of fused-ring (bicyclic) bond motifs is 6. The average Bonchev–Trinajstić information content (AvgIpc) is 1.65. The van der Waals surface area contributed by atoms with E-state index < -0.39 is 76.9 Å². The molecule has 2 heterocycles. The predicted octanol–water partition coefficient (Wildman–Crippen LogP) is 6.02. The lowest BCUT2D eigenvalue weighted by atomic mass is 9.76. The second kappa shape index (κ2) is 30.8. The van der Waals surface area contributed by atoms with Crippen LogP contribution in [0.25, 0.3) is 21.5 Å². The van der Waals surface area contributed by atoms with E-state index in [-0.39, 0.29) is 93.8 Å². The van der Waals surface area contributed by atoms with Gasteiger partial charge in [0.15, 0.2) is 5.71 Å². The highest BCUT2D eigenvalue weighted by atomic mass is 32.2. The number of carboxylic acid groups (broad SMARTS) is 1. The Bertz CT molecular complexity index is 3550. The molecule has 0 bridgehead atoms. The fourth-order valence-electron chi connectivity index (χ4n) is 10.6. The number of allylic oxidation sites excluding steroid dienone is 4. The van der Waals surface area contributed by atoms with Crippen LogP contribution in [0.15, 0.2) is 92.0 Å². The minimum absolute atomic E-state index is 0.0220. The number of benzene rings is 4. The third-order valence-corrected chi connectivity index (χ3v) is 18.0. The molecule has 0 spiro atoms. The third kappa shape index (κ3) is 18.1. The number of anilines is 1. The number of hydrogen-bond acceptors (Lipinski definition) is 19. The van der Waals surface area contributed by atoms with Crippen LogP contribution in [-0.2, 0) is 98.7 Å². The van der Waals surface area contributed by atoms with Crippen molar-refractivity contribution in [3.63, 3.8) is 0 Å². The molecule has 1 atom stereocenters. The van der Waals surface area contributed by atoms with E-state index in [0.717, 1.165) is 12.1 Å². The van der Waals surface area contributed by atoms with Crippen molar-refractivity contribution in [3.05, 3.63) is 83.6 Å². The van der Waals surface area contributed by atoms with E-state index in [1.54, 1.807) is 38.5 Å². The molecule has 85 heavy (non-hydrogen) atoms. The Kier molecular flexibility index (Phi) is 25.1. The molecule has 2 aliphatic rings. The number of carbonyl (C=O) groups is 1. The zero-order valence-corrected chi connectivity index (χ0v) is 51.5. The number of aliphatic carboxylic acids is 1. The molecule has 0 saturated carbocycles. The monoisotopic (exact) mass is 1270 g/mol. The highest BCUT2D eigenvalue weighted by molar-refractivity contribution is 7.87. The summed E-state index contributed by atoms with van der Waals surface area (Å²) >= 11 is 0. The van der Waals surface area contributed by atoms with Gasteiger partial charge in [-0.15, -0.1) is 0 Å². The second-order valence-corrected chi connectivity index (χ2v) is 26.3. The van der Waals surface area contributed by atoms with Gasteiger partial charge >= 0.3 is 5.97 Å². The van der Waals surface area contributed by atoms with Crippen LogP contribution in [0.5, 0.6) is 0 Å². The largest absolute Gasteiger partial charge is 0.481 e. The van der Waals surface area contributed by atoms with Gasteiger partial charge in [0, 0.05) is 85.5 Å². The molecule has 0 aliphatic carbocycles. The molecule has 472 valence electrons. The fraction of sp³-hybridized carbons (Fsp3) is 0.536. The van der Waals surface area contributed by atoms with Crippen LogP contribution in [0.2, 0.25) is 0 Å². The SMILES string of the molecule is COCCOCCOCCOCCOCCN1C(=CC=CC2=[N+](CCCCCC(=O)O)c3ccc4c(S(=O)(=O)O)cc(S(=O)(=O)O)cc4c3C2(C)C)C(C)(CCOCCOCCOCCOC)c2c1ccc1c(S(=O)(=O)O)cc(S(=O)(=O)O)cc21. The molecular formula is C56H77N2O23S4+.